The van der Waals surface area contributed by atoms with Gasteiger partial charge in [0.05, 0.1) is 13.0 Å². The largest absolute Gasteiger partial charge is 0.497 e. The van der Waals surface area contributed by atoms with E-state index in [1.165, 1.54) is 12.0 Å². The maximum atomic E-state index is 13.0. The highest BCUT2D eigenvalue weighted by atomic mass is 16.5. The van der Waals surface area contributed by atoms with E-state index in [0.717, 1.165) is 6.42 Å². The lowest BCUT2D eigenvalue weighted by molar-refractivity contribution is -0.144. The van der Waals surface area contributed by atoms with Crippen molar-refractivity contribution in [2.45, 2.75) is 31.3 Å². The molecule has 2 rings (SSSR count). The van der Waals surface area contributed by atoms with Gasteiger partial charge in [0.25, 0.3) is 0 Å². The number of carbonyl (C=O) groups excluding carboxylic acids is 3. The van der Waals surface area contributed by atoms with E-state index in [9.17, 15) is 19.5 Å². The number of ketones is 1. The summed E-state index contributed by atoms with van der Waals surface area (Å²) in [5.41, 5.74) is -1.35. The van der Waals surface area contributed by atoms with Gasteiger partial charge in [-0.25, -0.2) is 0 Å². The van der Waals surface area contributed by atoms with Crippen LogP contribution in [0.4, 0.5) is 0 Å². The van der Waals surface area contributed by atoms with Crippen LogP contribution in [0.5, 0.6) is 5.75 Å². The Morgan fingerprint density at radius 1 is 1.35 bits per heavy atom. The van der Waals surface area contributed by atoms with Crippen LogP contribution < -0.4 is 10.1 Å². The van der Waals surface area contributed by atoms with Crippen molar-refractivity contribution in [3.63, 3.8) is 0 Å². The molecule has 2 N–H and O–H groups in total. The predicted molar refractivity (Wildman–Crippen MR) is 95.9 cm³/mol. The lowest BCUT2D eigenvalue weighted by Gasteiger charge is -2.39. The van der Waals surface area contributed by atoms with Gasteiger partial charge in [0.1, 0.15) is 11.4 Å². The molecule has 1 aromatic carbocycles. The van der Waals surface area contributed by atoms with Gasteiger partial charge in [0.15, 0.2) is 5.78 Å². The monoisotopic (exact) mass is 362 g/mol. The zero-order valence-corrected chi connectivity index (χ0v) is 15.2. The van der Waals surface area contributed by atoms with E-state index in [1.807, 2.05) is 0 Å². The molecule has 0 aromatic heterocycles. The summed E-state index contributed by atoms with van der Waals surface area (Å²) in [7, 11) is 3.15. The smallest absolute Gasteiger partial charge is 0.228 e. The number of benzene rings is 1. The Morgan fingerprint density at radius 3 is 2.65 bits per heavy atom. The maximum absolute atomic E-state index is 13.0. The molecule has 0 saturated heterocycles. The Morgan fingerprint density at radius 2 is 2.04 bits per heavy atom. The van der Waals surface area contributed by atoms with Crippen molar-refractivity contribution in [3.05, 3.63) is 29.8 Å². The number of carbonyl (C=O) groups is 3. The summed E-state index contributed by atoms with van der Waals surface area (Å²) in [4.78, 5) is 37.6. The summed E-state index contributed by atoms with van der Waals surface area (Å²) in [6, 6.07) is 6.53. The zero-order chi connectivity index (χ0) is 19.2. The van der Waals surface area contributed by atoms with Crippen molar-refractivity contribution in [1.82, 2.24) is 10.2 Å². The van der Waals surface area contributed by atoms with Gasteiger partial charge in [-0.15, -0.1) is 0 Å². The molecule has 1 aromatic rings. The first-order valence-corrected chi connectivity index (χ1v) is 8.77. The molecule has 2 atom stereocenters. The lowest BCUT2D eigenvalue weighted by Crippen LogP contribution is -2.54. The number of hydrogen-bond acceptors (Lipinski definition) is 5. The Kier molecular flexibility index (Phi) is 6.74. The van der Waals surface area contributed by atoms with Crippen molar-refractivity contribution in [3.8, 4) is 5.75 Å². The molecule has 0 spiro atoms. The number of Topliss-reactive ketones (excluding diaryl/α,β-unsaturated/α-hetero) is 1. The SMILES string of the molecule is COc1ccc(C(=O)C2(O)CCCCC2C(=O)N(C)CCNC=O)cc1. The molecule has 1 fully saturated rings. The van der Waals surface area contributed by atoms with Crippen molar-refractivity contribution in [1.29, 1.82) is 0 Å². The standard InChI is InChI=1S/C19H26N2O5/c1-21(12-11-20-13-22)18(24)16-5-3-4-10-19(16,25)17(23)14-6-8-15(26-2)9-7-14/h6-9,13,16,25H,3-5,10-12H2,1-2H3,(H,20,22). The number of nitrogens with one attached hydrogen (secondary N) is 1. The second kappa shape index (κ2) is 8.80. The van der Waals surface area contributed by atoms with Crippen LogP contribution in [-0.2, 0) is 9.59 Å². The van der Waals surface area contributed by atoms with Crippen LogP contribution in [0, 0.1) is 5.92 Å². The first-order chi connectivity index (χ1) is 12.4. The van der Waals surface area contributed by atoms with Crippen LogP contribution in [0.3, 0.4) is 0 Å². The molecule has 1 saturated carbocycles. The van der Waals surface area contributed by atoms with Gasteiger partial charge >= 0.3 is 0 Å². The third-order valence-electron chi connectivity index (χ3n) is 4.97. The molecule has 1 aliphatic rings. The summed E-state index contributed by atoms with van der Waals surface area (Å²) in [5.74, 6) is -0.876. The number of methoxy groups -OCH3 is 1. The molecular formula is C19H26N2O5. The van der Waals surface area contributed by atoms with Crippen LogP contribution in [0.1, 0.15) is 36.0 Å². The van der Waals surface area contributed by atoms with E-state index >= 15 is 0 Å². The predicted octanol–water partition coefficient (Wildman–Crippen LogP) is 1.00. The average Bonchev–Trinajstić information content (AvgIpc) is 2.67. The van der Waals surface area contributed by atoms with Crippen LogP contribution in [-0.4, -0.2) is 61.0 Å². The highest BCUT2D eigenvalue weighted by molar-refractivity contribution is 6.05. The van der Waals surface area contributed by atoms with Crippen LogP contribution in [0.2, 0.25) is 0 Å². The second-order valence-electron chi connectivity index (χ2n) is 6.61. The van der Waals surface area contributed by atoms with Crippen molar-refractivity contribution in [2.75, 3.05) is 27.2 Å². The fraction of sp³-hybridized carbons (Fsp3) is 0.526. The molecular weight excluding hydrogens is 336 g/mol. The molecule has 2 amide bonds. The molecule has 7 heteroatoms. The number of rotatable bonds is 8. The topological polar surface area (TPSA) is 95.9 Å². The minimum atomic E-state index is -1.71. The Hall–Kier alpha value is -2.41. The van der Waals surface area contributed by atoms with Crippen molar-refractivity contribution >= 4 is 18.1 Å². The number of hydrogen-bond donors (Lipinski definition) is 2. The summed E-state index contributed by atoms with van der Waals surface area (Å²) in [5, 5.41) is 13.7. The molecule has 0 heterocycles. The number of likely N-dealkylation sites (N-methyl/N-ethyl adjacent to an activating group) is 1. The molecule has 7 nitrogen and oxygen atoms in total. The Balaban J connectivity index is 2.19. The van der Waals surface area contributed by atoms with E-state index in [2.05, 4.69) is 5.32 Å². The van der Waals surface area contributed by atoms with Crippen molar-refractivity contribution in [2.24, 2.45) is 5.92 Å². The van der Waals surface area contributed by atoms with E-state index < -0.39 is 17.3 Å². The minimum Gasteiger partial charge on any atom is -0.497 e. The highest BCUT2D eigenvalue weighted by Crippen LogP contribution is 2.37. The van der Waals surface area contributed by atoms with E-state index in [-0.39, 0.29) is 12.3 Å². The lowest BCUT2D eigenvalue weighted by atomic mass is 9.71. The number of amides is 2. The van der Waals surface area contributed by atoms with Gasteiger partial charge in [-0.2, -0.15) is 0 Å². The van der Waals surface area contributed by atoms with E-state index in [0.29, 0.717) is 43.7 Å². The average molecular weight is 362 g/mol. The van der Waals surface area contributed by atoms with Gasteiger partial charge in [-0.1, -0.05) is 12.8 Å². The van der Waals surface area contributed by atoms with Crippen LogP contribution >= 0.6 is 0 Å². The molecule has 1 aliphatic carbocycles. The number of ether oxygens (including phenoxy) is 1. The maximum Gasteiger partial charge on any atom is 0.228 e. The first kappa shape index (κ1) is 19.9. The van der Waals surface area contributed by atoms with Crippen molar-refractivity contribution < 1.29 is 24.2 Å². The van der Waals surface area contributed by atoms with Gasteiger partial charge in [0, 0.05) is 25.7 Å². The quantitative estimate of drug-likeness (QED) is 0.409. The Bertz CT molecular complexity index is 646. The fourth-order valence-electron chi connectivity index (χ4n) is 3.42. The van der Waals surface area contributed by atoms with E-state index in [4.69, 9.17) is 4.74 Å². The molecule has 0 bridgehead atoms. The van der Waals surface area contributed by atoms with Crippen LogP contribution in [0.25, 0.3) is 0 Å². The van der Waals surface area contributed by atoms with Gasteiger partial charge < -0.3 is 20.1 Å². The van der Waals surface area contributed by atoms with E-state index in [1.54, 1.807) is 31.3 Å². The fourth-order valence-corrected chi connectivity index (χ4v) is 3.42. The molecule has 0 aliphatic heterocycles. The summed E-state index contributed by atoms with van der Waals surface area (Å²) < 4.78 is 5.09. The minimum absolute atomic E-state index is 0.259. The third-order valence-corrected chi connectivity index (χ3v) is 4.97. The molecule has 0 radical (unpaired) electrons. The summed E-state index contributed by atoms with van der Waals surface area (Å²) >= 11 is 0. The Labute approximate surface area is 153 Å². The first-order valence-electron chi connectivity index (χ1n) is 8.77. The second-order valence-corrected chi connectivity index (χ2v) is 6.61. The molecule has 26 heavy (non-hydrogen) atoms. The van der Waals surface area contributed by atoms with Gasteiger partial charge in [-0.05, 0) is 37.1 Å². The summed E-state index contributed by atoms with van der Waals surface area (Å²) in [6.07, 6.45) is 2.77. The third kappa shape index (κ3) is 4.22. The molecule has 2 unspecified atom stereocenters. The molecule has 142 valence electrons. The number of aliphatic hydroxyl groups is 1. The highest BCUT2D eigenvalue weighted by Gasteiger charge is 2.49. The normalized spacial score (nSPS) is 22.3. The van der Waals surface area contributed by atoms with Crippen LogP contribution in [0.15, 0.2) is 24.3 Å². The zero-order valence-electron chi connectivity index (χ0n) is 15.2. The van der Waals surface area contributed by atoms with Gasteiger partial charge in [-0.3, -0.25) is 14.4 Å². The summed E-state index contributed by atoms with van der Waals surface area (Å²) in [6.45, 7) is 0.643. The number of nitrogens with zero attached hydrogens (tertiary/aromatic N) is 1. The van der Waals surface area contributed by atoms with Gasteiger partial charge in [0.2, 0.25) is 12.3 Å².